The van der Waals surface area contributed by atoms with Crippen molar-refractivity contribution in [3.05, 3.63) is 29.8 Å². The molecule has 0 aliphatic carbocycles. The predicted molar refractivity (Wildman–Crippen MR) is 78.8 cm³/mol. The lowest BCUT2D eigenvalue weighted by molar-refractivity contribution is 0.268. The van der Waals surface area contributed by atoms with Crippen molar-refractivity contribution in [2.24, 2.45) is 0 Å². The van der Waals surface area contributed by atoms with Gasteiger partial charge in [0.05, 0.1) is 6.61 Å². The molecule has 102 valence electrons. The van der Waals surface area contributed by atoms with E-state index >= 15 is 0 Å². The van der Waals surface area contributed by atoms with E-state index in [4.69, 9.17) is 4.74 Å². The third-order valence-electron chi connectivity index (χ3n) is 3.48. The molecule has 0 spiro atoms. The van der Waals surface area contributed by atoms with Gasteiger partial charge in [0.2, 0.25) is 0 Å². The number of hydrogen-bond donors (Lipinski definition) is 1. The Morgan fingerprint density at radius 1 is 1.22 bits per heavy atom. The fourth-order valence-corrected chi connectivity index (χ4v) is 2.31. The van der Waals surface area contributed by atoms with Gasteiger partial charge < -0.3 is 10.1 Å². The smallest absolute Gasteiger partial charge is 0.119 e. The summed E-state index contributed by atoms with van der Waals surface area (Å²) in [4.78, 5) is 0. The van der Waals surface area contributed by atoms with Crippen molar-refractivity contribution in [2.75, 3.05) is 13.2 Å². The first-order valence-electron chi connectivity index (χ1n) is 6.83. The first-order chi connectivity index (χ1) is 8.38. The monoisotopic (exact) mass is 269 g/mol. The Balaban J connectivity index is 0.00000162. The van der Waals surface area contributed by atoms with Crippen molar-refractivity contribution in [1.29, 1.82) is 0 Å². The third-order valence-corrected chi connectivity index (χ3v) is 3.48. The number of hydrogen-bond acceptors (Lipinski definition) is 2. The van der Waals surface area contributed by atoms with Crippen molar-refractivity contribution >= 4 is 12.4 Å². The SMILES string of the molecule is CCc1ccc(OCCC2CCCCN2)cc1.Cl. The van der Waals surface area contributed by atoms with Crippen molar-refractivity contribution in [1.82, 2.24) is 5.32 Å². The first-order valence-corrected chi connectivity index (χ1v) is 6.83. The van der Waals surface area contributed by atoms with E-state index in [0.717, 1.165) is 25.2 Å². The standard InChI is InChI=1S/C15H23NO.ClH/c1-2-13-6-8-15(9-7-13)17-12-10-14-5-3-4-11-16-14;/h6-9,14,16H,2-5,10-12H2,1H3;1H. The van der Waals surface area contributed by atoms with E-state index < -0.39 is 0 Å². The summed E-state index contributed by atoms with van der Waals surface area (Å²) in [5.74, 6) is 0.998. The van der Waals surface area contributed by atoms with Crippen LogP contribution in [0.3, 0.4) is 0 Å². The topological polar surface area (TPSA) is 21.3 Å². The van der Waals surface area contributed by atoms with Gasteiger partial charge >= 0.3 is 0 Å². The van der Waals surface area contributed by atoms with E-state index in [1.807, 2.05) is 0 Å². The Morgan fingerprint density at radius 3 is 2.61 bits per heavy atom. The molecule has 3 heteroatoms. The minimum atomic E-state index is 0. The molecule has 0 amide bonds. The van der Waals surface area contributed by atoms with Crippen molar-refractivity contribution < 1.29 is 4.74 Å². The highest BCUT2D eigenvalue weighted by Gasteiger charge is 2.11. The summed E-state index contributed by atoms with van der Waals surface area (Å²) < 4.78 is 5.77. The number of aryl methyl sites for hydroxylation is 1. The van der Waals surface area contributed by atoms with Gasteiger partial charge in [-0.3, -0.25) is 0 Å². The highest BCUT2D eigenvalue weighted by atomic mass is 35.5. The van der Waals surface area contributed by atoms with Gasteiger partial charge in [0.15, 0.2) is 0 Å². The maximum Gasteiger partial charge on any atom is 0.119 e. The molecule has 0 radical (unpaired) electrons. The van der Waals surface area contributed by atoms with E-state index in [-0.39, 0.29) is 12.4 Å². The number of piperidine rings is 1. The molecule has 0 aromatic heterocycles. The van der Waals surface area contributed by atoms with Gasteiger partial charge in [-0.2, -0.15) is 0 Å². The van der Waals surface area contributed by atoms with E-state index in [1.165, 1.54) is 31.4 Å². The quantitative estimate of drug-likeness (QED) is 0.882. The van der Waals surface area contributed by atoms with Gasteiger partial charge in [-0.15, -0.1) is 12.4 Å². The minimum Gasteiger partial charge on any atom is -0.494 e. The average Bonchev–Trinajstić information content (AvgIpc) is 2.41. The molecule has 1 unspecified atom stereocenters. The summed E-state index contributed by atoms with van der Waals surface area (Å²) in [6, 6.07) is 9.11. The molecule has 0 bridgehead atoms. The van der Waals surface area contributed by atoms with Crippen LogP contribution in [0.5, 0.6) is 5.75 Å². The van der Waals surface area contributed by atoms with Gasteiger partial charge in [-0.05, 0) is 49.9 Å². The third kappa shape index (κ3) is 4.87. The van der Waals surface area contributed by atoms with Gasteiger partial charge in [-0.1, -0.05) is 25.5 Å². The summed E-state index contributed by atoms with van der Waals surface area (Å²) in [7, 11) is 0. The molecule has 1 aliphatic heterocycles. The summed E-state index contributed by atoms with van der Waals surface area (Å²) in [6.45, 7) is 4.17. The Bertz CT molecular complexity index is 320. The van der Waals surface area contributed by atoms with Gasteiger partial charge in [0.1, 0.15) is 5.75 Å². The highest BCUT2D eigenvalue weighted by molar-refractivity contribution is 5.85. The lowest BCUT2D eigenvalue weighted by Crippen LogP contribution is -2.35. The first kappa shape index (κ1) is 15.3. The van der Waals surface area contributed by atoms with Crippen LogP contribution in [0, 0.1) is 0 Å². The van der Waals surface area contributed by atoms with Gasteiger partial charge in [0.25, 0.3) is 0 Å². The second-order valence-electron chi connectivity index (χ2n) is 4.78. The molecule has 2 nitrogen and oxygen atoms in total. The molecule has 18 heavy (non-hydrogen) atoms. The normalized spacial score (nSPS) is 19.1. The summed E-state index contributed by atoms with van der Waals surface area (Å²) in [6.07, 6.45) is 6.21. The second kappa shape index (κ2) is 8.39. The number of ether oxygens (including phenoxy) is 1. The van der Waals surface area contributed by atoms with Crippen LogP contribution in [0.25, 0.3) is 0 Å². The minimum absolute atomic E-state index is 0. The molecule has 2 rings (SSSR count). The molecule has 1 aliphatic rings. The molecule has 1 saturated heterocycles. The van der Waals surface area contributed by atoms with Crippen LogP contribution in [0.1, 0.15) is 38.2 Å². The molecule has 1 heterocycles. The zero-order chi connectivity index (χ0) is 11.9. The van der Waals surface area contributed by atoms with Crippen molar-refractivity contribution in [3.63, 3.8) is 0 Å². The lowest BCUT2D eigenvalue weighted by atomic mass is 10.0. The van der Waals surface area contributed by atoms with Crippen LogP contribution >= 0.6 is 12.4 Å². The fraction of sp³-hybridized carbons (Fsp3) is 0.600. The van der Waals surface area contributed by atoms with E-state index in [9.17, 15) is 0 Å². The lowest BCUT2D eigenvalue weighted by Gasteiger charge is -2.23. The zero-order valence-corrected chi connectivity index (χ0v) is 12.0. The Morgan fingerprint density at radius 2 is 2.00 bits per heavy atom. The summed E-state index contributed by atoms with van der Waals surface area (Å²) in [5, 5.41) is 3.54. The van der Waals surface area contributed by atoms with Crippen LogP contribution in [-0.2, 0) is 6.42 Å². The van der Waals surface area contributed by atoms with Crippen LogP contribution in [0.4, 0.5) is 0 Å². The molecule has 1 aromatic rings. The summed E-state index contributed by atoms with van der Waals surface area (Å²) in [5.41, 5.74) is 1.37. The summed E-state index contributed by atoms with van der Waals surface area (Å²) >= 11 is 0. The van der Waals surface area contributed by atoms with Crippen molar-refractivity contribution in [3.8, 4) is 5.75 Å². The Labute approximate surface area is 117 Å². The molecular weight excluding hydrogens is 246 g/mol. The van der Waals surface area contributed by atoms with E-state index in [0.29, 0.717) is 6.04 Å². The maximum atomic E-state index is 5.77. The average molecular weight is 270 g/mol. The maximum absolute atomic E-state index is 5.77. The van der Waals surface area contributed by atoms with Crippen molar-refractivity contribution in [2.45, 2.75) is 45.1 Å². The highest BCUT2D eigenvalue weighted by Crippen LogP contribution is 2.14. The van der Waals surface area contributed by atoms with Crippen LogP contribution in [0.15, 0.2) is 24.3 Å². The van der Waals surface area contributed by atoms with E-state index in [1.54, 1.807) is 0 Å². The number of benzene rings is 1. The number of nitrogens with one attached hydrogen (secondary N) is 1. The fourth-order valence-electron chi connectivity index (χ4n) is 2.31. The number of rotatable bonds is 5. The molecular formula is C15H24ClNO. The molecule has 1 aromatic carbocycles. The Hall–Kier alpha value is -0.730. The van der Waals surface area contributed by atoms with Crippen LogP contribution < -0.4 is 10.1 Å². The molecule has 0 saturated carbocycles. The van der Waals surface area contributed by atoms with Crippen LogP contribution in [-0.4, -0.2) is 19.2 Å². The predicted octanol–water partition coefficient (Wildman–Crippen LogP) is 3.58. The largest absolute Gasteiger partial charge is 0.494 e. The van der Waals surface area contributed by atoms with Gasteiger partial charge in [0, 0.05) is 6.04 Å². The van der Waals surface area contributed by atoms with Gasteiger partial charge in [-0.25, -0.2) is 0 Å². The Kier molecular flexibility index (Phi) is 7.14. The molecule has 1 N–H and O–H groups in total. The van der Waals surface area contributed by atoms with E-state index in [2.05, 4.69) is 36.5 Å². The zero-order valence-electron chi connectivity index (χ0n) is 11.2. The number of halogens is 1. The second-order valence-corrected chi connectivity index (χ2v) is 4.78. The molecule has 1 atom stereocenters. The molecule has 1 fully saturated rings. The van der Waals surface area contributed by atoms with Crippen LogP contribution in [0.2, 0.25) is 0 Å².